The highest BCUT2D eigenvalue weighted by Gasteiger charge is 2.46. The second-order valence-electron chi connectivity index (χ2n) is 5.39. The molecule has 0 amide bonds. The highest BCUT2D eigenvalue weighted by atomic mass is 32.2. The van der Waals surface area contributed by atoms with E-state index in [1.165, 1.54) is 6.26 Å². The van der Waals surface area contributed by atoms with Gasteiger partial charge in [0.15, 0.2) is 5.78 Å². The summed E-state index contributed by atoms with van der Waals surface area (Å²) in [4.78, 5) is 11.7. The van der Waals surface area contributed by atoms with Gasteiger partial charge in [-0.1, -0.05) is 24.3 Å². The van der Waals surface area contributed by atoms with Crippen molar-refractivity contribution in [2.24, 2.45) is 5.73 Å². The Morgan fingerprint density at radius 2 is 1.84 bits per heavy atom. The average molecular weight is 281 g/mol. The van der Waals surface area contributed by atoms with Gasteiger partial charge in [0.1, 0.15) is 9.84 Å². The van der Waals surface area contributed by atoms with Crippen LogP contribution in [-0.4, -0.2) is 32.8 Å². The fourth-order valence-electron chi connectivity index (χ4n) is 2.45. The van der Waals surface area contributed by atoms with Crippen molar-refractivity contribution in [2.45, 2.75) is 24.7 Å². The standard InChI is InChI=1S/C14H19NO3S/c1-19(17,18)10-14(7-8-14)12-4-2-11(3-5-12)13(16)6-9-15/h2-5H,6-10,15H2,1H3. The third kappa shape index (κ3) is 3.42. The van der Waals surface area contributed by atoms with E-state index < -0.39 is 9.84 Å². The SMILES string of the molecule is CS(=O)(=O)CC1(c2ccc(C(=O)CCN)cc2)CC1. The van der Waals surface area contributed by atoms with Crippen LogP contribution >= 0.6 is 0 Å². The minimum Gasteiger partial charge on any atom is -0.330 e. The number of Topliss-reactive ketones (excluding diaryl/α,β-unsaturated/α-hetero) is 1. The van der Waals surface area contributed by atoms with Crippen molar-refractivity contribution in [1.29, 1.82) is 0 Å². The van der Waals surface area contributed by atoms with E-state index in [1.807, 2.05) is 12.1 Å². The van der Waals surface area contributed by atoms with E-state index in [2.05, 4.69) is 0 Å². The molecule has 104 valence electrons. The van der Waals surface area contributed by atoms with Crippen molar-refractivity contribution in [2.75, 3.05) is 18.6 Å². The molecule has 0 unspecified atom stereocenters. The molecule has 2 rings (SSSR count). The zero-order valence-electron chi connectivity index (χ0n) is 11.1. The van der Waals surface area contributed by atoms with E-state index in [-0.39, 0.29) is 17.0 Å². The molecule has 0 bridgehead atoms. The van der Waals surface area contributed by atoms with Crippen LogP contribution in [0.5, 0.6) is 0 Å². The number of benzene rings is 1. The summed E-state index contributed by atoms with van der Waals surface area (Å²) in [6.07, 6.45) is 3.41. The minimum absolute atomic E-state index is 0.0296. The van der Waals surface area contributed by atoms with Crippen molar-refractivity contribution >= 4 is 15.6 Å². The van der Waals surface area contributed by atoms with Crippen LogP contribution in [0.2, 0.25) is 0 Å². The summed E-state index contributed by atoms with van der Waals surface area (Å²) >= 11 is 0. The fraction of sp³-hybridized carbons (Fsp3) is 0.500. The fourth-order valence-corrected chi connectivity index (χ4v) is 3.91. The lowest BCUT2D eigenvalue weighted by Gasteiger charge is -2.14. The van der Waals surface area contributed by atoms with Gasteiger partial charge in [0.05, 0.1) is 5.75 Å². The van der Waals surface area contributed by atoms with Gasteiger partial charge in [0.2, 0.25) is 0 Å². The van der Waals surface area contributed by atoms with Gasteiger partial charge >= 0.3 is 0 Å². The Kier molecular flexibility index (Phi) is 3.78. The van der Waals surface area contributed by atoms with E-state index in [1.54, 1.807) is 12.1 Å². The summed E-state index contributed by atoms with van der Waals surface area (Å²) in [6.45, 7) is 0.346. The van der Waals surface area contributed by atoms with E-state index in [9.17, 15) is 13.2 Å². The van der Waals surface area contributed by atoms with E-state index in [0.717, 1.165) is 18.4 Å². The Balaban J connectivity index is 2.17. The summed E-state index contributed by atoms with van der Waals surface area (Å²) < 4.78 is 22.9. The molecule has 19 heavy (non-hydrogen) atoms. The molecule has 4 nitrogen and oxygen atoms in total. The summed E-state index contributed by atoms with van der Waals surface area (Å²) in [5.74, 6) is 0.220. The third-order valence-electron chi connectivity index (χ3n) is 3.58. The molecule has 0 heterocycles. The molecule has 0 radical (unpaired) electrons. The smallest absolute Gasteiger partial charge is 0.164 e. The molecular formula is C14H19NO3S. The maximum atomic E-state index is 11.7. The lowest BCUT2D eigenvalue weighted by Crippen LogP contribution is -2.20. The van der Waals surface area contributed by atoms with Crippen LogP contribution in [-0.2, 0) is 15.3 Å². The second-order valence-corrected chi connectivity index (χ2v) is 7.53. The van der Waals surface area contributed by atoms with Crippen molar-refractivity contribution in [3.63, 3.8) is 0 Å². The summed E-state index contributed by atoms with van der Waals surface area (Å²) in [5, 5.41) is 0. The molecular weight excluding hydrogens is 262 g/mol. The topological polar surface area (TPSA) is 77.2 Å². The van der Waals surface area contributed by atoms with Crippen LogP contribution in [0.1, 0.15) is 35.2 Å². The number of nitrogens with two attached hydrogens (primary N) is 1. The van der Waals surface area contributed by atoms with Crippen LogP contribution in [0.4, 0.5) is 0 Å². The number of carbonyl (C=O) groups is 1. The molecule has 1 aromatic carbocycles. The van der Waals surface area contributed by atoms with Crippen LogP contribution < -0.4 is 5.73 Å². The van der Waals surface area contributed by atoms with Crippen LogP contribution in [0.15, 0.2) is 24.3 Å². The number of hydrogen-bond donors (Lipinski definition) is 1. The quantitative estimate of drug-likeness (QED) is 0.797. The predicted octanol–water partition coefficient (Wildman–Crippen LogP) is 1.29. The molecule has 1 aromatic rings. The molecule has 1 saturated carbocycles. The first kappa shape index (κ1) is 14.2. The molecule has 0 aromatic heterocycles. The van der Waals surface area contributed by atoms with Gasteiger partial charge in [-0.05, 0) is 24.9 Å². The first-order chi connectivity index (χ1) is 8.86. The molecule has 1 fully saturated rings. The molecule has 1 aliphatic rings. The van der Waals surface area contributed by atoms with Gasteiger partial charge in [0, 0.05) is 23.7 Å². The Morgan fingerprint density at radius 1 is 1.26 bits per heavy atom. The van der Waals surface area contributed by atoms with Crippen molar-refractivity contribution in [3.8, 4) is 0 Å². The minimum atomic E-state index is -2.99. The molecule has 0 saturated heterocycles. The molecule has 0 aliphatic heterocycles. The van der Waals surface area contributed by atoms with Gasteiger partial charge in [0.25, 0.3) is 0 Å². The maximum Gasteiger partial charge on any atom is 0.164 e. The number of rotatable bonds is 6. The molecule has 1 aliphatic carbocycles. The molecule has 0 atom stereocenters. The van der Waals surface area contributed by atoms with Crippen molar-refractivity contribution < 1.29 is 13.2 Å². The first-order valence-corrected chi connectivity index (χ1v) is 8.44. The first-order valence-electron chi connectivity index (χ1n) is 6.38. The van der Waals surface area contributed by atoms with Crippen LogP contribution in [0.3, 0.4) is 0 Å². The number of hydrogen-bond acceptors (Lipinski definition) is 4. The normalized spacial score (nSPS) is 17.2. The van der Waals surface area contributed by atoms with Gasteiger partial charge < -0.3 is 5.73 Å². The van der Waals surface area contributed by atoms with Crippen LogP contribution in [0.25, 0.3) is 0 Å². The van der Waals surface area contributed by atoms with Crippen molar-refractivity contribution in [3.05, 3.63) is 35.4 Å². The van der Waals surface area contributed by atoms with E-state index in [4.69, 9.17) is 5.73 Å². The average Bonchev–Trinajstić information content (AvgIpc) is 3.08. The number of ketones is 1. The highest BCUT2D eigenvalue weighted by Crippen LogP contribution is 2.49. The highest BCUT2D eigenvalue weighted by molar-refractivity contribution is 7.90. The van der Waals surface area contributed by atoms with Gasteiger partial charge in [-0.3, -0.25) is 4.79 Å². The monoisotopic (exact) mass is 281 g/mol. The largest absolute Gasteiger partial charge is 0.330 e. The Morgan fingerprint density at radius 3 is 2.26 bits per heavy atom. The number of sulfone groups is 1. The van der Waals surface area contributed by atoms with Gasteiger partial charge in [-0.2, -0.15) is 0 Å². The molecule has 0 spiro atoms. The molecule has 5 heteroatoms. The Bertz CT molecular complexity index is 571. The van der Waals surface area contributed by atoms with Crippen molar-refractivity contribution in [1.82, 2.24) is 0 Å². The van der Waals surface area contributed by atoms with Crippen LogP contribution in [0, 0.1) is 0 Å². The predicted molar refractivity (Wildman–Crippen MR) is 75.1 cm³/mol. The van der Waals surface area contributed by atoms with Gasteiger partial charge in [-0.15, -0.1) is 0 Å². The van der Waals surface area contributed by atoms with E-state index >= 15 is 0 Å². The summed E-state index contributed by atoms with van der Waals surface area (Å²) in [7, 11) is -2.99. The Hall–Kier alpha value is -1.20. The number of carbonyl (C=O) groups excluding carboxylic acids is 1. The van der Waals surface area contributed by atoms with Gasteiger partial charge in [-0.25, -0.2) is 8.42 Å². The maximum absolute atomic E-state index is 11.7. The lowest BCUT2D eigenvalue weighted by molar-refractivity contribution is 0.0985. The third-order valence-corrected chi connectivity index (χ3v) is 4.66. The summed E-state index contributed by atoms with van der Waals surface area (Å²) in [5.41, 5.74) is 6.80. The van der Waals surface area contributed by atoms with E-state index in [0.29, 0.717) is 18.5 Å². The zero-order chi connectivity index (χ0) is 14.1. The lowest BCUT2D eigenvalue weighted by atomic mass is 9.96. The second kappa shape index (κ2) is 5.06. The molecule has 2 N–H and O–H groups in total. The zero-order valence-corrected chi connectivity index (χ0v) is 11.9. The summed E-state index contributed by atoms with van der Waals surface area (Å²) in [6, 6.07) is 7.30. The Labute approximate surface area is 113 Å².